The highest BCUT2D eigenvalue weighted by Crippen LogP contribution is 2.35. The molecule has 0 saturated heterocycles. The van der Waals surface area contributed by atoms with Crippen molar-refractivity contribution in [2.24, 2.45) is 5.41 Å². The van der Waals surface area contributed by atoms with Gasteiger partial charge in [-0.05, 0) is 17.9 Å². The standard InChI is InChI=1S/C14H21N3O2/c1-14(2,3)4-5-16-10-7-11-12(6-9(10)15)19-8-13(18)17-11/h6-7,16H,4-5,8,15H2,1-3H3,(H,17,18). The molecule has 1 aliphatic rings. The van der Waals surface area contributed by atoms with E-state index in [1.54, 1.807) is 6.07 Å². The smallest absolute Gasteiger partial charge is 0.262 e. The number of nitrogen functional groups attached to an aromatic ring is 1. The first-order valence-corrected chi connectivity index (χ1v) is 6.45. The van der Waals surface area contributed by atoms with E-state index in [1.165, 1.54) is 0 Å². The summed E-state index contributed by atoms with van der Waals surface area (Å²) in [6.45, 7) is 7.46. The second kappa shape index (κ2) is 4.99. The number of fused-ring (bicyclic) bond motifs is 1. The van der Waals surface area contributed by atoms with E-state index in [1.807, 2.05) is 6.07 Å². The van der Waals surface area contributed by atoms with Crippen LogP contribution < -0.4 is 21.1 Å². The number of nitrogens with one attached hydrogen (secondary N) is 2. The third-order valence-electron chi connectivity index (χ3n) is 2.98. The third-order valence-corrected chi connectivity index (χ3v) is 2.98. The fourth-order valence-corrected chi connectivity index (χ4v) is 1.87. The number of hydrogen-bond donors (Lipinski definition) is 3. The summed E-state index contributed by atoms with van der Waals surface area (Å²) in [4.78, 5) is 11.3. The van der Waals surface area contributed by atoms with Crippen LogP contribution in [0.25, 0.3) is 0 Å². The summed E-state index contributed by atoms with van der Waals surface area (Å²) in [5.41, 5.74) is 8.37. The molecule has 5 nitrogen and oxygen atoms in total. The Balaban J connectivity index is 2.09. The number of ether oxygens (including phenoxy) is 1. The fraction of sp³-hybridized carbons (Fsp3) is 0.500. The van der Waals surface area contributed by atoms with Gasteiger partial charge in [-0.25, -0.2) is 0 Å². The van der Waals surface area contributed by atoms with Gasteiger partial charge in [0.15, 0.2) is 6.61 Å². The van der Waals surface area contributed by atoms with Crippen LogP contribution in [0.1, 0.15) is 27.2 Å². The molecule has 4 N–H and O–H groups in total. The van der Waals surface area contributed by atoms with Crippen molar-refractivity contribution < 1.29 is 9.53 Å². The number of rotatable bonds is 3. The van der Waals surface area contributed by atoms with E-state index in [2.05, 4.69) is 31.4 Å². The van der Waals surface area contributed by atoms with Gasteiger partial charge in [-0.15, -0.1) is 0 Å². The third kappa shape index (κ3) is 3.53. The molecule has 1 heterocycles. The minimum absolute atomic E-state index is 0.0449. The highest BCUT2D eigenvalue weighted by molar-refractivity contribution is 5.97. The van der Waals surface area contributed by atoms with Crippen molar-refractivity contribution in [3.05, 3.63) is 12.1 Å². The highest BCUT2D eigenvalue weighted by Gasteiger charge is 2.18. The maximum absolute atomic E-state index is 11.3. The number of nitrogens with two attached hydrogens (primary N) is 1. The van der Waals surface area contributed by atoms with Gasteiger partial charge >= 0.3 is 0 Å². The van der Waals surface area contributed by atoms with Gasteiger partial charge in [-0.2, -0.15) is 0 Å². The van der Waals surface area contributed by atoms with Crippen LogP contribution in [-0.4, -0.2) is 19.1 Å². The minimum atomic E-state index is -0.141. The number of amides is 1. The first-order valence-electron chi connectivity index (χ1n) is 6.45. The second-order valence-corrected chi connectivity index (χ2v) is 6.01. The summed E-state index contributed by atoms with van der Waals surface area (Å²) < 4.78 is 5.31. The second-order valence-electron chi connectivity index (χ2n) is 6.01. The van der Waals surface area contributed by atoms with Crippen LogP contribution in [0.3, 0.4) is 0 Å². The number of benzene rings is 1. The quantitative estimate of drug-likeness (QED) is 0.732. The molecular weight excluding hydrogens is 242 g/mol. The summed E-state index contributed by atoms with van der Waals surface area (Å²) >= 11 is 0. The first kappa shape index (κ1) is 13.5. The maximum Gasteiger partial charge on any atom is 0.262 e. The number of carbonyl (C=O) groups is 1. The van der Waals surface area contributed by atoms with Gasteiger partial charge in [0.1, 0.15) is 5.75 Å². The molecule has 0 bridgehead atoms. The highest BCUT2D eigenvalue weighted by atomic mass is 16.5. The predicted molar refractivity (Wildman–Crippen MR) is 77.5 cm³/mol. The molecule has 0 unspecified atom stereocenters. The van der Waals surface area contributed by atoms with E-state index >= 15 is 0 Å². The van der Waals surface area contributed by atoms with Crippen molar-refractivity contribution in [3.63, 3.8) is 0 Å². The zero-order valence-corrected chi connectivity index (χ0v) is 11.7. The molecule has 1 amide bonds. The number of anilines is 3. The van der Waals surface area contributed by atoms with Crippen molar-refractivity contribution >= 4 is 23.0 Å². The minimum Gasteiger partial charge on any atom is -0.482 e. The Hall–Kier alpha value is -1.91. The van der Waals surface area contributed by atoms with Crippen LogP contribution in [0.15, 0.2) is 12.1 Å². The Morgan fingerprint density at radius 1 is 1.42 bits per heavy atom. The summed E-state index contributed by atoms with van der Waals surface area (Å²) in [5, 5.41) is 6.08. The van der Waals surface area contributed by atoms with Crippen LogP contribution in [0.5, 0.6) is 5.75 Å². The molecule has 2 rings (SSSR count). The van der Waals surface area contributed by atoms with Gasteiger partial charge in [0.05, 0.1) is 17.1 Å². The molecule has 0 fully saturated rings. The van der Waals surface area contributed by atoms with Crippen molar-refractivity contribution in [1.29, 1.82) is 0 Å². The molecule has 0 aromatic heterocycles. The lowest BCUT2D eigenvalue weighted by atomic mass is 9.92. The lowest BCUT2D eigenvalue weighted by Crippen LogP contribution is -2.25. The Morgan fingerprint density at radius 3 is 2.84 bits per heavy atom. The van der Waals surface area contributed by atoms with Crippen LogP contribution in [0, 0.1) is 5.41 Å². The Bertz CT molecular complexity index is 492. The molecule has 0 aliphatic carbocycles. The lowest BCUT2D eigenvalue weighted by molar-refractivity contribution is -0.118. The van der Waals surface area contributed by atoms with E-state index in [9.17, 15) is 4.79 Å². The predicted octanol–water partition coefficient (Wildman–Crippen LogP) is 2.45. The van der Waals surface area contributed by atoms with Crippen molar-refractivity contribution in [1.82, 2.24) is 0 Å². The average molecular weight is 263 g/mol. The number of hydrogen-bond acceptors (Lipinski definition) is 4. The summed E-state index contributed by atoms with van der Waals surface area (Å²) in [7, 11) is 0. The molecule has 0 saturated carbocycles. The average Bonchev–Trinajstić information content (AvgIpc) is 2.29. The van der Waals surface area contributed by atoms with Crippen molar-refractivity contribution in [2.45, 2.75) is 27.2 Å². The SMILES string of the molecule is CC(C)(C)CCNc1cc2c(cc1N)OCC(=O)N2. The summed E-state index contributed by atoms with van der Waals surface area (Å²) in [6.07, 6.45) is 1.03. The maximum atomic E-state index is 11.3. The van der Waals surface area contributed by atoms with Crippen LogP contribution >= 0.6 is 0 Å². The summed E-state index contributed by atoms with van der Waals surface area (Å²) in [5.74, 6) is 0.483. The van der Waals surface area contributed by atoms with E-state index in [0.717, 1.165) is 18.7 Å². The van der Waals surface area contributed by atoms with E-state index in [0.29, 0.717) is 17.1 Å². The zero-order chi connectivity index (χ0) is 14.0. The topological polar surface area (TPSA) is 76.4 Å². The molecule has 0 atom stereocenters. The zero-order valence-electron chi connectivity index (χ0n) is 11.7. The van der Waals surface area contributed by atoms with Crippen LogP contribution in [0.2, 0.25) is 0 Å². The van der Waals surface area contributed by atoms with E-state index < -0.39 is 0 Å². The molecule has 104 valence electrons. The molecule has 1 aromatic rings. The largest absolute Gasteiger partial charge is 0.482 e. The van der Waals surface area contributed by atoms with Gasteiger partial charge < -0.3 is 21.1 Å². The summed E-state index contributed by atoms with van der Waals surface area (Å²) in [6, 6.07) is 3.57. The fourth-order valence-electron chi connectivity index (χ4n) is 1.87. The monoisotopic (exact) mass is 263 g/mol. The van der Waals surface area contributed by atoms with Crippen LogP contribution in [-0.2, 0) is 4.79 Å². The van der Waals surface area contributed by atoms with Crippen molar-refractivity contribution in [3.8, 4) is 5.75 Å². The first-order chi connectivity index (χ1) is 8.85. The van der Waals surface area contributed by atoms with Gasteiger partial charge in [0.25, 0.3) is 5.91 Å². The Labute approximate surface area is 113 Å². The van der Waals surface area contributed by atoms with E-state index in [4.69, 9.17) is 10.5 Å². The molecule has 0 spiro atoms. The van der Waals surface area contributed by atoms with Gasteiger partial charge in [0.2, 0.25) is 0 Å². The Kier molecular flexibility index (Phi) is 3.55. The van der Waals surface area contributed by atoms with E-state index in [-0.39, 0.29) is 17.9 Å². The Morgan fingerprint density at radius 2 is 2.16 bits per heavy atom. The lowest BCUT2D eigenvalue weighted by Gasteiger charge is -2.22. The van der Waals surface area contributed by atoms with Gasteiger partial charge in [-0.3, -0.25) is 4.79 Å². The van der Waals surface area contributed by atoms with Crippen LogP contribution in [0.4, 0.5) is 17.1 Å². The van der Waals surface area contributed by atoms with Crippen molar-refractivity contribution in [2.75, 3.05) is 29.5 Å². The molecule has 1 aliphatic heterocycles. The van der Waals surface area contributed by atoms with Gasteiger partial charge in [-0.1, -0.05) is 20.8 Å². The molecule has 5 heteroatoms. The normalized spacial score (nSPS) is 14.4. The molecule has 19 heavy (non-hydrogen) atoms. The molecular formula is C14H21N3O2. The molecule has 1 aromatic carbocycles. The molecule has 0 radical (unpaired) electrons. The van der Waals surface area contributed by atoms with Gasteiger partial charge in [0, 0.05) is 12.6 Å². The number of carbonyl (C=O) groups excluding carboxylic acids is 1.